The summed E-state index contributed by atoms with van der Waals surface area (Å²) in [5.74, 6) is 0.172. The van der Waals surface area contributed by atoms with Gasteiger partial charge >= 0.3 is 0 Å². The van der Waals surface area contributed by atoms with E-state index < -0.39 is 17.8 Å². The molecule has 1 aromatic carbocycles. The molecule has 5 heterocycles. The molecular formula is C44H58ClFN8O3. The molecule has 5 aliphatic rings. The number of unbranched alkanes of at least 4 members (excludes halogenated alkanes) is 4. The zero-order valence-electron chi connectivity index (χ0n) is 33.3. The van der Waals surface area contributed by atoms with Gasteiger partial charge in [-0.15, -0.1) is 0 Å². The van der Waals surface area contributed by atoms with Gasteiger partial charge in [-0.1, -0.05) is 30.9 Å². The van der Waals surface area contributed by atoms with Gasteiger partial charge < -0.3 is 25.0 Å². The number of carbonyl (C=O) groups is 3. The van der Waals surface area contributed by atoms with Gasteiger partial charge in [-0.2, -0.15) is 0 Å². The Kier molecular flexibility index (Phi) is 12.6. The highest BCUT2D eigenvalue weighted by Gasteiger charge is 2.41. The first-order valence-corrected chi connectivity index (χ1v) is 21.9. The molecule has 2 saturated carbocycles. The summed E-state index contributed by atoms with van der Waals surface area (Å²) < 4.78 is 17.0. The lowest BCUT2D eigenvalue weighted by Gasteiger charge is -2.33. The van der Waals surface area contributed by atoms with Crippen LogP contribution in [0.2, 0.25) is 5.02 Å². The fraction of sp³-hybridized carbons (Fsp3) is 0.614. The van der Waals surface area contributed by atoms with Crippen LogP contribution in [0.15, 0.2) is 30.6 Å². The first kappa shape index (κ1) is 39.9. The molecular weight excluding hydrogens is 743 g/mol. The highest BCUT2D eigenvalue weighted by Crippen LogP contribution is 2.39. The van der Waals surface area contributed by atoms with E-state index in [9.17, 15) is 18.8 Å². The van der Waals surface area contributed by atoms with E-state index in [1.807, 2.05) is 0 Å². The SMILES string of the molecule is Cn1ccc(-c2nc(NC3CCC(NCCCCCCCN4CCC(c5cc(F)cc6c5CN(C5CCC(=O)NC5=O)C6=O)CC4)CC3)ncc2Cl)c1CC1CC1. The number of carbonyl (C=O) groups excluding carboxylic acids is 3. The number of imide groups is 1. The highest BCUT2D eigenvalue weighted by atomic mass is 35.5. The summed E-state index contributed by atoms with van der Waals surface area (Å²) in [7, 11) is 2.11. The van der Waals surface area contributed by atoms with Crippen LogP contribution in [-0.4, -0.2) is 86.4 Å². The zero-order chi connectivity index (χ0) is 39.5. The number of piperidine rings is 2. The van der Waals surface area contributed by atoms with Crippen LogP contribution in [-0.2, 0) is 29.6 Å². The summed E-state index contributed by atoms with van der Waals surface area (Å²) in [6.07, 6.45) is 20.5. The van der Waals surface area contributed by atoms with Crippen LogP contribution in [0.1, 0.15) is 129 Å². The summed E-state index contributed by atoms with van der Waals surface area (Å²) in [4.78, 5) is 50.9. The zero-order valence-corrected chi connectivity index (χ0v) is 34.1. The highest BCUT2D eigenvalue weighted by molar-refractivity contribution is 6.33. The average Bonchev–Trinajstić information content (AvgIpc) is 3.88. The minimum Gasteiger partial charge on any atom is -0.354 e. The van der Waals surface area contributed by atoms with Crippen molar-refractivity contribution in [2.45, 2.75) is 133 Å². The van der Waals surface area contributed by atoms with E-state index in [-0.39, 0.29) is 24.2 Å². The molecule has 2 aliphatic carbocycles. The number of amides is 3. The molecule has 306 valence electrons. The van der Waals surface area contributed by atoms with Crippen molar-refractivity contribution < 1.29 is 18.8 Å². The monoisotopic (exact) mass is 800 g/mol. The first-order valence-electron chi connectivity index (χ1n) is 21.6. The Bertz CT molecular complexity index is 1930. The van der Waals surface area contributed by atoms with Crippen LogP contribution in [0.25, 0.3) is 11.3 Å². The number of aromatic nitrogens is 3. The predicted octanol–water partition coefficient (Wildman–Crippen LogP) is 7.13. The van der Waals surface area contributed by atoms with E-state index >= 15 is 0 Å². The Hall–Kier alpha value is -3.87. The standard InChI is InChI=1S/C44H58ClFN8O3/c1-52-20-17-33(39(52)23-28-7-8-28)41-37(45)26-48-44(51-41)49-32-11-9-31(10-12-32)47-18-5-3-2-4-6-19-53-21-15-29(16-22-53)34-24-30(46)25-35-36(34)27-54(43(35)57)38-13-14-40(55)50-42(38)56/h17,20,24-26,28-29,31-32,38,47H,2-16,18-19,21-23,27H2,1H3,(H,48,49,51)(H,50,55,56). The number of nitrogens with one attached hydrogen (secondary N) is 3. The molecule has 8 rings (SSSR count). The molecule has 3 amide bonds. The van der Waals surface area contributed by atoms with Crippen molar-refractivity contribution in [2.75, 3.05) is 31.5 Å². The lowest BCUT2D eigenvalue weighted by atomic mass is 9.85. The Balaban J connectivity index is 0.693. The lowest BCUT2D eigenvalue weighted by Crippen LogP contribution is -2.52. The largest absolute Gasteiger partial charge is 0.354 e. The molecule has 0 radical (unpaired) electrons. The van der Waals surface area contributed by atoms with Gasteiger partial charge in [-0.3, -0.25) is 19.7 Å². The van der Waals surface area contributed by atoms with Crippen molar-refractivity contribution in [1.29, 1.82) is 0 Å². The lowest BCUT2D eigenvalue weighted by molar-refractivity contribution is -0.136. The molecule has 13 heteroatoms. The fourth-order valence-electron chi connectivity index (χ4n) is 9.66. The first-order chi connectivity index (χ1) is 27.7. The maximum Gasteiger partial charge on any atom is 0.255 e. The number of likely N-dealkylation sites (tertiary alicyclic amines) is 1. The summed E-state index contributed by atoms with van der Waals surface area (Å²) in [5, 5.41) is 10.4. The van der Waals surface area contributed by atoms with E-state index in [4.69, 9.17) is 16.6 Å². The van der Waals surface area contributed by atoms with Gasteiger partial charge in [0, 0.05) is 55.1 Å². The van der Waals surface area contributed by atoms with Gasteiger partial charge in [-0.25, -0.2) is 14.4 Å². The van der Waals surface area contributed by atoms with E-state index in [1.54, 1.807) is 12.3 Å². The Morgan fingerprint density at radius 2 is 1.67 bits per heavy atom. The van der Waals surface area contributed by atoms with Gasteiger partial charge in [-0.05, 0) is 144 Å². The molecule has 2 saturated heterocycles. The van der Waals surface area contributed by atoms with Crippen LogP contribution in [0, 0.1) is 11.7 Å². The number of fused-ring (bicyclic) bond motifs is 1. The van der Waals surface area contributed by atoms with Gasteiger partial charge in [0.15, 0.2) is 0 Å². The fourth-order valence-corrected chi connectivity index (χ4v) is 9.85. The van der Waals surface area contributed by atoms with E-state index in [0.29, 0.717) is 41.6 Å². The molecule has 1 atom stereocenters. The second kappa shape index (κ2) is 18.0. The van der Waals surface area contributed by atoms with Crippen LogP contribution in [0.3, 0.4) is 0 Å². The molecule has 2 aromatic heterocycles. The van der Waals surface area contributed by atoms with Gasteiger partial charge in [0.05, 0.1) is 16.9 Å². The summed E-state index contributed by atoms with van der Waals surface area (Å²) in [5.41, 5.74) is 5.39. The van der Waals surface area contributed by atoms with Gasteiger partial charge in [0.1, 0.15) is 11.9 Å². The molecule has 57 heavy (non-hydrogen) atoms. The van der Waals surface area contributed by atoms with Crippen molar-refractivity contribution >= 4 is 35.3 Å². The maximum atomic E-state index is 14.8. The normalized spacial score (nSPS) is 23.2. The van der Waals surface area contributed by atoms with Crippen molar-refractivity contribution in [3.63, 3.8) is 0 Å². The summed E-state index contributed by atoms with van der Waals surface area (Å²) in [6, 6.07) is 5.29. The van der Waals surface area contributed by atoms with Crippen LogP contribution in [0.4, 0.5) is 10.3 Å². The molecule has 11 nitrogen and oxygen atoms in total. The smallest absolute Gasteiger partial charge is 0.255 e. The number of hydrogen-bond donors (Lipinski definition) is 3. The van der Waals surface area contributed by atoms with E-state index in [2.05, 4.69) is 49.7 Å². The van der Waals surface area contributed by atoms with Crippen molar-refractivity contribution in [3.05, 3.63) is 63.8 Å². The minimum atomic E-state index is -0.692. The third-order valence-corrected chi connectivity index (χ3v) is 13.5. The molecule has 1 unspecified atom stereocenters. The number of nitrogens with zero attached hydrogens (tertiary/aromatic N) is 5. The molecule has 0 spiro atoms. The molecule has 3 N–H and O–H groups in total. The minimum absolute atomic E-state index is 0.189. The number of halogens is 2. The molecule has 0 bridgehead atoms. The number of aryl methyl sites for hydroxylation is 1. The number of benzene rings is 1. The summed E-state index contributed by atoms with van der Waals surface area (Å²) in [6.45, 7) is 4.38. The van der Waals surface area contributed by atoms with Gasteiger partial charge in [0.25, 0.3) is 5.91 Å². The average molecular weight is 801 g/mol. The number of hydrogen-bond acceptors (Lipinski definition) is 8. The van der Waals surface area contributed by atoms with Crippen LogP contribution < -0.4 is 16.0 Å². The molecule has 4 fully saturated rings. The second-order valence-electron chi connectivity index (χ2n) is 17.3. The maximum absolute atomic E-state index is 14.8. The van der Waals surface area contributed by atoms with E-state index in [1.165, 1.54) is 61.6 Å². The second-order valence-corrected chi connectivity index (χ2v) is 17.7. The van der Waals surface area contributed by atoms with Crippen molar-refractivity contribution in [2.24, 2.45) is 13.0 Å². The Morgan fingerprint density at radius 3 is 2.44 bits per heavy atom. The molecule has 3 aromatic rings. The molecule has 3 aliphatic heterocycles. The topological polar surface area (TPSA) is 124 Å². The Labute approximate surface area is 340 Å². The Morgan fingerprint density at radius 1 is 0.912 bits per heavy atom. The number of rotatable bonds is 16. The predicted molar refractivity (Wildman–Crippen MR) is 219 cm³/mol. The van der Waals surface area contributed by atoms with Crippen molar-refractivity contribution in [1.82, 2.24) is 35.0 Å². The van der Waals surface area contributed by atoms with Gasteiger partial charge in [0.2, 0.25) is 17.8 Å². The summed E-state index contributed by atoms with van der Waals surface area (Å²) >= 11 is 6.62. The van der Waals surface area contributed by atoms with Crippen LogP contribution >= 0.6 is 11.6 Å². The third-order valence-electron chi connectivity index (χ3n) is 13.2. The third kappa shape index (κ3) is 9.55. The van der Waals surface area contributed by atoms with Crippen molar-refractivity contribution in [3.8, 4) is 11.3 Å². The van der Waals surface area contributed by atoms with E-state index in [0.717, 1.165) is 99.4 Å². The quantitative estimate of drug-likeness (QED) is 0.103. The van der Waals surface area contributed by atoms with Crippen LogP contribution in [0.5, 0.6) is 0 Å². The number of anilines is 1.